The van der Waals surface area contributed by atoms with E-state index in [1.165, 1.54) is 16.6 Å². The van der Waals surface area contributed by atoms with E-state index in [9.17, 15) is 4.21 Å². The molecule has 0 amide bonds. The first-order chi connectivity index (χ1) is 11.4. The standard InChI is InChI=1S/C19H25ClN2OS/c1-12(2)15-5-6-18(17-8-21-19(20)7-16(15)17)22-9-14(10-22)11-24(23)13(3)4/h5-8,12-14H,9-11H2,1-4H3/t24-/m1/s1. The number of hydrogen-bond acceptors (Lipinski definition) is 3. The number of halogens is 1. The predicted octanol–water partition coefficient (Wildman–Crippen LogP) is 4.60. The molecular formula is C19H25ClN2OS. The van der Waals surface area contributed by atoms with E-state index in [-0.39, 0.29) is 5.25 Å². The number of rotatable bonds is 5. The molecule has 1 aliphatic heterocycles. The van der Waals surface area contributed by atoms with Crippen molar-refractivity contribution >= 4 is 38.9 Å². The van der Waals surface area contributed by atoms with Crippen LogP contribution in [-0.4, -0.2) is 33.3 Å². The molecule has 0 bridgehead atoms. The first-order valence-electron chi connectivity index (χ1n) is 8.57. The fourth-order valence-electron chi connectivity index (χ4n) is 3.30. The van der Waals surface area contributed by atoms with Gasteiger partial charge >= 0.3 is 0 Å². The van der Waals surface area contributed by atoms with E-state index < -0.39 is 10.8 Å². The topological polar surface area (TPSA) is 33.2 Å². The van der Waals surface area contributed by atoms with Gasteiger partial charge in [-0.2, -0.15) is 0 Å². The molecule has 130 valence electrons. The summed E-state index contributed by atoms with van der Waals surface area (Å²) in [7, 11) is -0.718. The Bertz CT molecular complexity index is 769. The molecule has 24 heavy (non-hydrogen) atoms. The molecule has 0 aliphatic carbocycles. The van der Waals surface area contributed by atoms with Gasteiger partial charge in [0.05, 0.1) is 0 Å². The van der Waals surface area contributed by atoms with E-state index in [4.69, 9.17) is 11.6 Å². The van der Waals surface area contributed by atoms with Crippen molar-refractivity contribution in [3.8, 4) is 0 Å². The van der Waals surface area contributed by atoms with Gasteiger partial charge in [-0.05, 0) is 29.0 Å². The fourth-order valence-corrected chi connectivity index (χ4v) is 4.52. The van der Waals surface area contributed by atoms with Gasteiger partial charge in [0, 0.05) is 58.1 Å². The maximum atomic E-state index is 12.0. The number of hydrogen-bond donors (Lipinski definition) is 0. The fraction of sp³-hybridized carbons (Fsp3) is 0.526. The van der Waals surface area contributed by atoms with Crippen LogP contribution in [-0.2, 0) is 10.8 Å². The van der Waals surface area contributed by atoms with E-state index in [1.807, 2.05) is 26.1 Å². The maximum Gasteiger partial charge on any atom is 0.129 e. The van der Waals surface area contributed by atoms with Crippen LogP contribution in [0.2, 0.25) is 5.15 Å². The van der Waals surface area contributed by atoms with E-state index in [2.05, 4.69) is 35.9 Å². The van der Waals surface area contributed by atoms with Crippen LogP contribution in [0.3, 0.4) is 0 Å². The van der Waals surface area contributed by atoms with E-state index in [0.717, 1.165) is 24.2 Å². The summed E-state index contributed by atoms with van der Waals surface area (Å²) in [6.45, 7) is 10.4. The zero-order chi connectivity index (χ0) is 17.4. The van der Waals surface area contributed by atoms with Crippen molar-refractivity contribution in [2.24, 2.45) is 5.92 Å². The van der Waals surface area contributed by atoms with Crippen molar-refractivity contribution in [1.82, 2.24) is 4.98 Å². The summed E-state index contributed by atoms with van der Waals surface area (Å²) in [5.74, 6) is 1.77. The molecule has 1 aromatic carbocycles. The monoisotopic (exact) mass is 364 g/mol. The van der Waals surface area contributed by atoms with Gasteiger partial charge in [-0.25, -0.2) is 4.98 Å². The molecule has 0 radical (unpaired) electrons. The van der Waals surface area contributed by atoms with Gasteiger partial charge in [-0.1, -0.05) is 45.4 Å². The van der Waals surface area contributed by atoms with Crippen LogP contribution < -0.4 is 4.90 Å². The molecule has 1 aromatic heterocycles. The van der Waals surface area contributed by atoms with Crippen LogP contribution in [0.4, 0.5) is 5.69 Å². The molecule has 3 nitrogen and oxygen atoms in total. The summed E-state index contributed by atoms with van der Waals surface area (Å²) in [4.78, 5) is 6.66. The largest absolute Gasteiger partial charge is 0.370 e. The number of nitrogens with zero attached hydrogens (tertiary/aromatic N) is 2. The van der Waals surface area contributed by atoms with Crippen LogP contribution in [0, 0.1) is 5.92 Å². The number of aromatic nitrogens is 1. The molecular weight excluding hydrogens is 340 g/mol. The summed E-state index contributed by atoms with van der Waals surface area (Å²) in [6.07, 6.45) is 1.89. The van der Waals surface area contributed by atoms with Crippen LogP contribution in [0.5, 0.6) is 0 Å². The molecule has 0 N–H and O–H groups in total. The predicted molar refractivity (Wildman–Crippen MR) is 105 cm³/mol. The van der Waals surface area contributed by atoms with Gasteiger partial charge in [0.15, 0.2) is 0 Å². The second-order valence-corrected chi connectivity index (χ2v) is 9.67. The lowest BCUT2D eigenvalue weighted by atomic mass is 9.94. The summed E-state index contributed by atoms with van der Waals surface area (Å²) in [5.41, 5.74) is 2.51. The van der Waals surface area contributed by atoms with Crippen molar-refractivity contribution in [3.63, 3.8) is 0 Å². The van der Waals surface area contributed by atoms with Crippen LogP contribution >= 0.6 is 11.6 Å². The average molecular weight is 365 g/mol. The maximum absolute atomic E-state index is 12.0. The Morgan fingerprint density at radius 3 is 2.58 bits per heavy atom. The van der Waals surface area contributed by atoms with Crippen molar-refractivity contribution in [1.29, 1.82) is 0 Å². The highest BCUT2D eigenvalue weighted by molar-refractivity contribution is 7.85. The molecule has 1 atom stereocenters. The average Bonchev–Trinajstić information content (AvgIpc) is 2.48. The molecule has 5 heteroatoms. The Balaban J connectivity index is 1.85. The SMILES string of the molecule is CC(C)c1ccc(N2CC(C[S@@](=O)C(C)C)C2)c2cnc(Cl)cc12. The van der Waals surface area contributed by atoms with Crippen LogP contribution in [0.1, 0.15) is 39.2 Å². The highest BCUT2D eigenvalue weighted by Crippen LogP contribution is 2.36. The third-order valence-electron chi connectivity index (χ3n) is 4.72. The summed E-state index contributed by atoms with van der Waals surface area (Å²) in [6, 6.07) is 6.38. The first-order valence-corrected chi connectivity index (χ1v) is 10.3. The third kappa shape index (κ3) is 3.45. The first kappa shape index (κ1) is 17.7. The molecule has 0 unspecified atom stereocenters. The Morgan fingerprint density at radius 1 is 1.25 bits per heavy atom. The van der Waals surface area contributed by atoms with Crippen LogP contribution in [0.25, 0.3) is 10.8 Å². The molecule has 2 heterocycles. The quantitative estimate of drug-likeness (QED) is 0.726. The summed E-state index contributed by atoms with van der Waals surface area (Å²) < 4.78 is 12.0. The lowest BCUT2D eigenvalue weighted by molar-refractivity contribution is 0.451. The normalized spacial score (nSPS) is 16.9. The molecule has 0 spiro atoms. The van der Waals surface area contributed by atoms with Gasteiger partial charge in [0.25, 0.3) is 0 Å². The lowest BCUT2D eigenvalue weighted by Crippen LogP contribution is -2.49. The Morgan fingerprint density at radius 2 is 1.96 bits per heavy atom. The van der Waals surface area contributed by atoms with E-state index in [1.54, 1.807) is 0 Å². The highest BCUT2D eigenvalue weighted by Gasteiger charge is 2.30. The molecule has 3 rings (SSSR count). The van der Waals surface area contributed by atoms with Crippen molar-refractivity contribution in [2.75, 3.05) is 23.7 Å². The second kappa shape index (κ2) is 7.01. The van der Waals surface area contributed by atoms with Crippen LogP contribution in [0.15, 0.2) is 24.4 Å². The highest BCUT2D eigenvalue weighted by atomic mass is 35.5. The summed E-state index contributed by atoms with van der Waals surface area (Å²) in [5, 5.41) is 3.14. The number of anilines is 1. The van der Waals surface area contributed by atoms with Gasteiger partial charge in [-0.15, -0.1) is 0 Å². The Hall–Kier alpha value is -1.13. The smallest absolute Gasteiger partial charge is 0.129 e. The lowest BCUT2D eigenvalue weighted by Gasteiger charge is -2.41. The number of pyridine rings is 1. The molecule has 0 saturated carbocycles. The minimum absolute atomic E-state index is 0.247. The minimum atomic E-state index is -0.718. The number of fused-ring (bicyclic) bond motifs is 1. The van der Waals surface area contributed by atoms with Crippen molar-refractivity contribution in [3.05, 3.63) is 35.1 Å². The molecule has 1 saturated heterocycles. The second-order valence-electron chi connectivity index (χ2n) is 7.25. The van der Waals surface area contributed by atoms with Gasteiger partial charge < -0.3 is 4.90 Å². The molecule has 2 aromatic rings. The molecule has 1 fully saturated rings. The molecule has 1 aliphatic rings. The Kier molecular flexibility index (Phi) is 5.16. The van der Waals surface area contributed by atoms with Gasteiger partial charge in [0.2, 0.25) is 0 Å². The third-order valence-corrected chi connectivity index (χ3v) is 6.78. The van der Waals surface area contributed by atoms with E-state index in [0.29, 0.717) is 17.0 Å². The minimum Gasteiger partial charge on any atom is -0.370 e. The van der Waals surface area contributed by atoms with E-state index >= 15 is 0 Å². The van der Waals surface area contributed by atoms with Crippen molar-refractivity contribution in [2.45, 2.75) is 38.9 Å². The zero-order valence-corrected chi connectivity index (χ0v) is 16.3. The zero-order valence-electron chi connectivity index (χ0n) is 14.8. The van der Waals surface area contributed by atoms with Gasteiger partial charge in [-0.3, -0.25) is 4.21 Å². The summed E-state index contributed by atoms with van der Waals surface area (Å²) >= 11 is 6.13. The number of benzene rings is 1. The Labute approximate surface area is 151 Å². The van der Waals surface area contributed by atoms with Crippen molar-refractivity contribution < 1.29 is 4.21 Å². The van der Waals surface area contributed by atoms with Gasteiger partial charge in [0.1, 0.15) is 5.15 Å².